The summed E-state index contributed by atoms with van der Waals surface area (Å²) in [6.07, 6.45) is 0.0820. The molecule has 6 heteroatoms. The van der Waals surface area contributed by atoms with Gasteiger partial charge in [-0.1, -0.05) is 32.9 Å². The topological polar surface area (TPSA) is 49.8 Å². The Hall–Kier alpha value is -1.24. The molecule has 2 unspecified atom stereocenters. The van der Waals surface area contributed by atoms with Crippen LogP contribution in [0.25, 0.3) is 0 Å². The molecule has 158 valence electrons. The van der Waals surface area contributed by atoms with Crippen LogP contribution in [0.5, 0.6) is 0 Å². The van der Waals surface area contributed by atoms with Gasteiger partial charge in [0, 0.05) is 37.1 Å². The van der Waals surface area contributed by atoms with Gasteiger partial charge < -0.3 is 9.53 Å². The maximum Gasteiger partial charge on any atom is 0.305 e. The van der Waals surface area contributed by atoms with Crippen LogP contribution >= 0.6 is 0 Å². The van der Waals surface area contributed by atoms with E-state index in [1.807, 2.05) is 19.9 Å². The first-order chi connectivity index (χ1) is 12.7. The molecule has 0 saturated carbocycles. The monoisotopic (exact) mass is 409 g/mol. The number of hydrogen-bond acceptors (Lipinski definition) is 3. The molecule has 0 bridgehead atoms. The van der Waals surface area contributed by atoms with Gasteiger partial charge in [-0.05, 0) is 49.7 Å². The molecule has 0 aliphatic carbocycles. The van der Waals surface area contributed by atoms with Crippen LogP contribution in [-0.4, -0.2) is 49.5 Å². The van der Waals surface area contributed by atoms with Crippen molar-refractivity contribution in [1.29, 1.82) is 0 Å². The first kappa shape index (κ1) is 23.0. The van der Waals surface area contributed by atoms with E-state index in [1.165, 1.54) is 6.07 Å². The molecule has 0 radical (unpaired) electrons. The molecule has 1 aliphatic heterocycles. The van der Waals surface area contributed by atoms with Crippen LogP contribution in [0.2, 0.25) is 18.1 Å². The number of hydrogen-bond donors (Lipinski definition) is 1. The highest BCUT2D eigenvalue weighted by Crippen LogP contribution is 2.41. The van der Waals surface area contributed by atoms with E-state index in [9.17, 15) is 14.3 Å². The fourth-order valence-corrected chi connectivity index (χ4v) is 4.73. The van der Waals surface area contributed by atoms with E-state index in [2.05, 4.69) is 38.8 Å². The average Bonchev–Trinajstić information content (AvgIpc) is 2.96. The number of carbonyl (C=O) groups is 1. The highest BCUT2D eigenvalue weighted by Gasteiger charge is 2.43. The molecular formula is C22H36FNO3Si. The molecule has 1 heterocycles. The lowest BCUT2D eigenvalue weighted by Gasteiger charge is -2.37. The Balaban J connectivity index is 2.24. The van der Waals surface area contributed by atoms with Crippen molar-refractivity contribution in [2.45, 2.75) is 70.6 Å². The van der Waals surface area contributed by atoms with E-state index in [1.54, 1.807) is 12.1 Å². The fourth-order valence-electron chi connectivity index (χ4n) is 3.66. The summed E-state index contributed by atoms with van der Waals surface area (Å²) >= 11 is 0. The molecule has 2 atom stereocenters. The number of aliphatic carboxylic acids is 1. The summed E-state index contributed by atoms with van der Waals surface area (Å²) in [5.41, 5.74) is 0.515. The Bertz CT molecular complexity index is 699. The minimum absolute atomic E-state index is 0.0820. The van der Waals surface area contributed by atoms with Crippen LogP contribution in [0, 0.1) is 11.7 Å². The second kappa shape index (κ2) is 8.25. The maximum absolute atomic E-state index is 13.9. The summed E-state index contributed by atoms with van der Waals surface area (Å²) in [6.45, 7) is 17.2. The Labute approximate surface area is 170 Å². The highest BCUT2D eigenvalue weighted by atomic mass is 28.4. The van der Waals surface area contributed by atoms with E-state index in [4.69, 9.17) is 4.43 Å². The molecule has 0 aromatic heterocycles. The van der Waals surface area contributed by atoms with Gasteiger partial charge in [0.25, 0.3) is 0 Å². The van der Waals surface area contributed by atoms with Crippen LogP contribution in [0.1, 0.15) is 52.5 Å². The first-order valence-electron chi connectivity index (χ1n) is 10.1. The van der Waals surface area contributed by atoms with Crippen molar-refractivity contribution in [2.75, 3.05) is 19.7 Å². The van der Waals surface area contributed by atoms with Gasteiger partial charge in [-0.25, -0.2) is 4.39 Å². The number of benzene rings is 1. The molecule has 1 aromatic rings. The predicted molar refractivity (Wildman–Crippen MR) is 114 cm³/mol. The van der Waals surface area contributed by atoms with Gasteiger partial charge in [0.1, 0.15) is 5.82 Å². The van der Waals surface area contributed by atoms with Crippen LogP contribution in [-0.2, 0) is 9.22 Å². The van der Waals surface area contributed by atoms with Crippen LogP contribution < -0.4 is 0 Å². The smallest absolute Gasteiger partial charge is 0.305 e. The molecule has 4 nitrogen and oxygen atoms in total. The standard InChI is InChI=1S/C22H36FNO3Si/c1-21(2,3)28(6,7)27-15-17-13-24(22(4,5)12-20(25)26)14-19(17)16-9-8-10-18(23)11-16/h8-11,17,19H,12-15H2,1-7H3,(H,25,26). The Kier molecular flexibility index (Phi) is 6.78. The highest BCUT2D eigenvalue weighted by molar-refractivity contribution is 6.74. The number of carboxylic acid groups (broad SMARTS) is 1. The number of halogens is 1. The lowest BCUT2D eigenvalue weighted by atomic mass is 9.89. The molecule has 0 spiro atoms. The third-order valence-corrected chi connectivity index (χ3v) is 11.1. The van der Waals surface area contributed by atoms with Crippen LogP contribution in [0.15, 0.2) is 24.3 Å². The lowest BCUT2D eigenvalue weighted by Crippen LogP contribution is -2.45. The lowest BCUT2D eigenvalue weighted by molar-refractivity contribution is -0.139. The van der Waals surface area contributed by atoms with Crippen molar-refractivity contribution >= 4 is 14.3 Å². The minimum Gasteiger partial charge on any atom is -0.481 e. The molecule has 1 N–H and O–H groups in total. The van der Waals surface area contributed by atoms with Gasteiger partial charge in [0.15, 0.2) is 8.32 Å². The fraction of sp³-hybridized carbons (Fsp3) is 0.682. The van der Waals surface area contributed by atoms with Crippen molar-refractivity contribution < 1.29 is 18.7 Å². The number of nitrogens with zero attached hydrogens (tertiary/aromatic N) is 1. The largest absolute Gasteiger partial charge is 0.481 e. The normalized spacial score (nSPS) is 21.9. The van der Waals surface area contributed by atoms with E-state index in [0.29, 0.717) is 6.61 Å². The summed E-state index contributed by atoms with van der Waals surface area (Å²) in [6, 6.07) is 6.80. The summed E-state index contributed by atoms with van der Waals surface area (Å²) in [5, 5.41) is 9.43. The van der Waals surface area contributed by atoms with Gasteiger partial charge in [0.05, 0.1) is 6.42 Å². The zero-order chi connectivity index (χ0) is 21.3. The maximum atomic E-state index is 13.9. The SMILES string of the molecule is CC(C)(CC(=O)O)N1CC(CO[Si](C)(C)C(C)(C)C)C(c2cccc(F)c2)C1. The minimum atomic E-state index is -1.89. The molecule has 1 aromatic carbocycles. The van der Waals surface area contributed by atoms with Crippen molar-refractivity contribution in [3.8, 4) is 0 Å². The van der Waals surface area contributed by atoms with Gasteiger partial charge in [-0.15, -0.1) is 0 Å². The molecule has 28 heavy (non-hydrogen) atoms. The third kappa shape index (κ3) is 5.42. The zero-order valence-corrected chi connectivity index (χ0v) is 19.4. The van der Waals surface area contributed by atoms with Gasteiger partial charge in [-0.2, -0.15) is 0 Å². The van der Waals surface area contributed by atoms with Crippen LogP contribution in [0.3, 0.4) is 0 Å². The van der Waals surface area contributed by atoms with Crippen molar-refractivity contribution in [1.82, 2.24) is 4.90 Å². The molecular weight excluding hydrogens is 373 g/mol. The van der Waals surface area contributed by atoms with E-state index < -0.39 is 19.8 Å². The molecule has 1 saturated heterocycles. The van der Waals surface area contributed by atoms with E-state index in [-0.39, 0.29) is 29.1 Å². The predicted octanol–water partition coefficient (Wildman–Crippen LogP) is 5.12. The number of carboxylic acids is 1. The molecule has 1 fully saturated rings. The second-order valence-corrected chi connectivity index (χ2v) is 15.1. The summed E-state index contributed by atoms with van der Waals surface area (Å²) in [7, 11) is -1.89. The van der Waals surface area contributed by atoms with Crippen molar-refractivity contribution in [3.05, 3.63) is 35.6 Å². The Morgan fingerprint density at radius 2 is 1.89 bits per heavy atom. The Morgan fingerprint density at radius 3 is 2.43 bits per heavy atom. The summed E-state index contributed by atoms with van der Waals surface area (Å²) in [4.78, 5) is 13.6. The van der Waals surface area contributed by atoms with Crippen molar-refractivity contribution in [3.63, 3.8) is 0 Å². The van der Waals surface area contributed by atoms with Crippen molar-refractivity contribution in [2.24, 2.45) is 5.92 Å². The van der Waals surface area contributed by atoms with Gasteiger partial charge in [-0.3, -0.25) is 9.69 Å². The second-order valence-electron chi connectivity index (χ2n) is 10.3. The third-order valence-electron chi connectivity index (χ3n) is 6.62. The Morgan fingerprint density at radius 1 is 1.25 bits per heavy atom. The quantitative estimate of drug-likeness (QED) is 0.635. The van der Waals surface area contributed by atoms with Crippen LogP contribution in [0.4, 0.5) is 4.39 Å². The van der Waals surface area contributed by atoms with Gasteiger partial charge >= 0.3 is 5.97 Å². The first-order valence-corrected chi connectivity index (χ1v) is 13.0. The number of rotatable bonds is 7. The molecule has 0 amide bonds. The van der Waals surface area contributed by atoms with E-state index in [0.717, 1.165) is 18.7 Å². The zero-order valence-electron chi connectivity index (χ0n) is 18.4. The average molecular weight is 410 g/mol. The molecule has 1 aliphatic rings. The molecule has 2 rings (SSSR count). The number of likely N-dealkylation sites (tertiary alicyclic amines) is 1. The van der Waals surface area contributed by atoms with Gasteiger partial charge in [0.2, 0.25) is 0 Å². The van der Waals surface area contributed by atoms with E-state index >= 15 is 0 Å². The summed E-state index contributed by atoms with van der Waals surface area (Å²) < 4.78 is 20.4. The summed E-state index contributed by atoms with van der Waals surface area (Å²) in [5.74, 6) is -0.685.